The van der Waals surface area contributed by atoms with Crippen molar-refractivity contribution in [3.8, 4) is 11.3 Å². The number of anilines is 1. The van der Waals surface area contributed by atoms with Gasteiger partial charge in [-0.05, 0) is 58.1 Å². The van der Waals surface area contributed by atoms with E-state index in [1.165, 1.54) is 24.1 Å². The minimum absolute atomic E-state index is 0.573. The second-order valence-corrected chi connectivity index (χ2v) is 8.61. The molecule has 2 aromatic heterocycles. The van der Waals surface area contributed by atoms with E-state index < -0.39 is 0 Å². The molecule has 0 spiro atoms. The molecule has 6 nitrogen and oxygen atoms in total. The van der Waals surface area contributed by atoms with Crippen molar-refractivity contribution in [2.45, 2.75) is 18.8 Å². The highest BCUT2D eigenvalue weighted by Crippen LogP contribution is 2.32. The summed E-state index contributed by atoms with van der Waals surface area (Å²) in [5.41, 5.74) is 6.65. The summed E-state index contributed by atoms with van der Waals surface area (Å²) in [4.78, 5) is 20.3. The van der Waals surface area contributed by atoms with Gasteiger partial charge in [0.05, 0.1) is 11.9 Å². The largest absolute Gasteiger partial charge is 0.369 e. The highest BCUT2D eigenvalue weighted by Gasteiger charge is 2.22. The van der Waals surface area contributed by atoms with E-state index in [-0.39, 0.29) is 0 Å². The number of likely N-dealkylation sites (N-methyl/N-ethyl adjacent to an activating group) is 1. The van der Waals surface area contributed by atoms with Crippen molar-refractivity contribution in [3.05, 3.63) is 42.2 Å². The number of likely N-dealkylation sites (tertiary alicyclic amines) is 1. The Labute approximate surface area is 172 Å². The van der Waals surface area contributed by atoms with E-state index >= 15 is 0 Å². The molecule has 1 N–H and O–H groups in total. The van der Waals surface area contributed by atoms with E-state index in [9.17, 15) is 0 Å². The van der Waals surface area contributed by atoms with Crippen molar-refractivity contribution in [2.75, 3.05) is 58.3 Å². The van der Waals surface area contributed by atoms with Gasteiger partial charge in [-0.15, -0.1) is 0 Å². The second-order valence-electron chi connectivity index (χ2n) is 8.61. The average Bonchev–Trinajstić information content (AvgIpc) is 3.18. The van der Waals surface area contributed by atoms with Gasteiger partial charge in [0, 0.05) is 49.2 Å². The first-order valence-electron chi connectivity index (χ1n) is 10.7. The standard InChI is InChI=1S/C23H30N6/c1-27-9-7-17(8-10-27)20-15-24-23-22(20)26-21(16-25-23)18-3-5-19(6-4-18)29-13-11-28(2)12-14-29/h3-6,15-17H,7-14H2,1-2H3,(H,24,25). The molecular formula is C23H30N6. The normalized spacial score (nSPS) is 19.9. The van der Waals surface area contributed by atoms with Crippen molar-refractivity contribution in [2.24, 2.45) is 0 Å². The van der Waals surface area contributed by atoms with Crippen molar-refractivity contribution < 1.29 is 0 Å². The lowest BCUT2D eigenvalue weighted by atomic mass is 9.91. The van der Waals surface area contributed by atoms with Crippen LogP contribution in [0.5, 0.6) is 0 Å². The van der Waals surface area contributed by atoms with Gasteiger partial charge in [0.1, 0.15) is 5.52 Å². The third-order valence-corrected chi connectivity index (χ3v) is 6.60. The number of rotatable bonds is 3. The fourth-order valence-corrected chi connectivity index (χ4v) is 4.59. The number of benzene rings is 1. The molecule has 2 aliphatic rings. The van der Waals surface area contributed by atoms with Crippen LogP contribution in [0.1, 0.15) is 24.3 Å². The molecule has 0 unspecified atom stereocenters. The molecule has 2 fully saturated rings. The molecular weight excluding hydrogens is 360 g/mol. The number of hydrogen-bond acceptors (Lipinski definition) is 5. The summed E-state index contributed by atoms with van der Waals surface area (Å²) < 4.78 is 0. The van der Waals surface area contributed by atoms with Crippen molar-refractivity contribution >= 4 is 16.9 Å². The van der Waals surface area contributed by atoms with Gasteiger partial charge < -0.3 is 19.7 Å². The maximum Gasteiger partial charge on any atom is 0.156 e. The summed E-state index contributed by atoms with van der Waals surface area (Å²) in [5.74, 6) is 0.573. The Bertz CT molecular complexity index is 963. The van der Waals surface area contributed by atoms with Gasteiger partial charge in [-0.25, -0.2) is 9.97 Å². The van der Waals surface area contributed by atoms with Crippen LogP contribution in [0.15, 0.2) is 36.7 Å². The van der Waals surface area contributed by atoms with Crippen LogP contribution >= 0.6 is 0 Å². The maximum absolute atomic E-state index is 5.02. The Hall–Kier alpha value is -2.44. The Morgan fingerprint density at radius 3 is 2.31 bits per heavy atom. The predicted octanol–water partition coefficient (Wildman–Crippen LogP) is 3.19. The van der Waals surface area contributed by atoms with Gasteiger partial charge in [0.2, 0.25) is 0 Å². The minimum Gasteiger partial charge on any atom is -0.369 e. The molecule has 29 heavy (non-hydrogen) atoms. The minimum atomic E-state index is 0.573. The number of nitrogens with zero attached hydrogens (tertiary/aromatic N) is 5. The highest BCUT2D eigenvalue weighted by atomic mass is 15.2. The average molecular weight is 391 g/mol. The molecule has 4 heterocycles. The van der Waals surface area contributed by atoms with Crippen molar-refractivity contribution in [1.29, 1.82) is 0 Å². The SMILES string of the molecule is CN1CCC(c2c[nH]c3ncc(-c4ccc(N5CCN(C)CC5)cc4)nc23)CC1. The van der Waals surface area contributed by atoms with E-state index in [0.29, 0.717) is 5.92 Å². The maximum atomic E-state index is 5.02. The third-order valence-electron chi connectivity index (χ3n) is 6.60. The number of piperidine rings is 1. The fraction of sp³-hybridized carbons (Fsp3) is 0.478. The summed E-state index contributed by atoms with van der Waals surface area (Å²) in [6.07, 6.45) is 6.40. The number of H-pyrrole nitrogens is 1. The van der Waals surface area contributed by atoms with E-state index in [2.05, 4.69) is 69.2 Å². The van der Waals surface area contributed by atoms with Crippen LogP contribution in [0.4, 0.5) is 5.69 Å². The molecule has 2 saturated heterocycles. The van der Waals surface area contributed by atoms with Gasteiger partial charge in [0.25, 0.3) is 0 Å². The summed E-state index contributed by atoms with van der Waals surface area (Å²) in [5, 5.41) is 0. The molecule has 1 aromatic carbocycles. The van der Waals surface area contributed by atoms with Crippen molar-refractivity contribution in [3.63, 3.8) is 0 Å². The molecule has 6 heteroatoms. The second kappa shape index (κ2) is 7.76. The van der Waals surface area contributed by atoms with Gasteiger partial charge in [-0.2, -0.15) is 0 Å². The molecule has 5 rings (SSSR count). The Balaban J connectivity index is 1.39. The zero-order valence-electron chi connectivity index (χ0n) is 17.4. The first kappa shape index (κ1) is 18.6. The van der Waals surface area contributed by atoms with E-state index in [1.54, 1.807) is 0 Å². The van der Waals surface area contributed by atoms with E-state index in [4.69, 9.17) is 4.98 Å². The Kier molecular flexibility index (Phi) is 4.97. The number of aromatic nitrogens is 3. The molecule has 3 aromatic rings. The highest BCUT2D eigenvalue weighted by molar-refractivity contribution is 5.79. The number of piperazine rings is 1. The third kappa shape index (κ3) is 3.74. The first-order valence-corrected chi connectivity index (χ1v) is 10.7. The molecule has 2 aliphatic heterocycles. The van der Waals surface area contributed by atoms with Crippen LogP contribution in [0.3, 0.4) is 0 Å². The van der Waals surface area contributed by atoms with Gasteiger partial charge >= 0.3 is 0 Å². The summed E-state index contributed by atoms with van der Waals surface area (Å²) in [6, 6.07) is 8.82. The summed E-state index contributed by atoms with van der Waals surface area (Å²) in [6.45, 7) is 6.72. The topological polar surface area (TPSA) is 51.3 Å². The van der Waals surface area contributed by atoms with Crippen LogP contribution in [-0.4, -0.2) is 78.1 Å². The molecule has 0 aliphatic carbocycles. The Morgan fingerprint density at radius 1 is 0.897 bits per heavy atom. The zero-order chi connectivity index (χ0) is 19.8. The Morgan fingerprint density at radius 2 is 1.59 bits per heavy atom. The summed E-state index contributed by atoms with van der Waals surface area (Å²) >= 11 is 0. The van der Waals surface area contributed by atoms with Crippen LogP contribution in [0, 0.1) is 0 Å². The molecule has 0 radical (unpaired) electrons. The van der Waals surface area contributed by atoms with Crippen molar-refractivity contribution in [1.82, 2.24) is 24.8 Å². The number of aromatic amines is 1. The lowest BCUT2D eigenvalue weighted by Crippen LogP contribution is -2.44. The zero-order valence-corrected chi connectivity index (χ0v) is 17.4. The van der Waals surface area contributed by atoms with Gasteiger partial charge in [-0.3, -0.25) is 0 Å². The quantitative estimate of drug-likeness (QED) is 0.744. The van der Waals surface area contributed by atoms with E-state index in [0.717, 1.165) is 61.7 Å². The fourth-order valence-electron chi connectivity index (χ4n) is 4.59. The van der Waals surface area contributed by atoms with E-state index in [1.807, 2.05) is 6.20 Å². The molecule has 0 saturated carbocycles. The first-order chi connectivity index (χ1) is 14.2. The van der Waals surface area contributed by atoms with Crippen LogP contribution in [-0.2, 0) is 0 Å². The number of fused-ring (bicyclic) bond motifs is 1. The smallest absolute Gasteiger partial charge is 0.156 e. The lowest BCUT2D eigenvalue weighted by molar-refractivity contribution is 0.256. The monoisotopic (exact) mass is 390 g/mol. The summed E-state index contributed by atoms with van der Waals surface area (Å²) in [7, 11) is 4.39. The molecule has 0 amide bonds. The van der Waals surface area contributed by atoms with Crippen LogP contribution in [0.25, 0.3) is 22.4 Å². The molecule has 0 atom stereocenters. The predicted molar refractivity (Wildman–Crippen MR) is 119 cm³/mol. The number of hydrogen-bond donors (Lipinski definition) is 1. The molecule has 152 valence electrons. The molecule has 0 bridgehead atoms. The van der Waals surface area contributed by atoms with Gasteiger partial charge in [-0.1, -0.05) is 12.1 Å². The van der Waals surface area contributed by atoms with Crippen LogP contribution in [0.2, 0.25) is 0 Å². The number of nitrogens with one attached hydrogen (secondary N) is 1. The lowest BCUT2D eigenvalue weighted by Gasteiger charge is -2.34. The van der Waals surface area contributed by atoms with Gasteiger partial charge in [0.15, 0.2) is 5.65 Å². The van der Waals surface area contributed by atoms with Crippen LogP contribution < -0.4 is 4.90 Å².